The molecule has 0 heterocycles. The first kappa shape index (κ1) is 23.0. The Kier molecular flexibility index (Phi) is 13.3. The van der Waals surface area contributed by atoms with E-state index >= 15 is 0 Å². The van der Waals surface area contributed by atoms with Crippen molar-refractivity contribution in [2.75, 3.05) is 65.6 Å². The van der Waals surface area contributed by atoms with Crippen molar-refractivity contribution in [3.8, 4) is 0 Å². The molecule has 0 N–H and O–H groups in total. The van der Waals surface area contributed by atoms with Gasteiger partial charge in [0.05, 0.1) is 52.9 Å². The van der Waals surface area contributed by atoms with Crippen molar-refractivity contribution in [2.24, 2.45) is 0 Å². The third-order valence-corrected chi connectivity index (χ3v) is 2.94. The minimum Gasteiger partial charge on any atom is -0.377 e. The lowest BCUT2D eigenvalue weighted by Gasteiger charge is -2.07. The molecule has 0 aliphatic rings. The van der Waals surface area contributed by atoms with Gasteiger partial charge in [0, 0.05) is 0 Å². The van der Waals surface area contributed by atoms with Crippen LogP contribution in [0.2, 0.25) is 0 Å². The summed E-state index contributed by atoms with van der Waals surface area (Å²) in [4.78, 5) is 0. The van der Waals surface area contributed by atoms with E-state index in [0.717, 1.165) is 0 Å². The molecule has 0 atom stereocenters. The average molecular weight is 390 g/mol. The van der Waals surface area contributed by atoms with Crippen molar-refractivity contribution in [1.82, 2.24) is 0 Å². The molecule has 0 aliphatic heterocycles. The molecule has 0 spiro atoms. The summed E-state index contributed by atoms with van der Waals surface area (Å²) in [5, 5.41) is 0. The van der Waals surface area contributed by atoms with Crippen molar-refractivity contribution in [1.29, 1.82) is 0 Å². The summed E-state index contributed by atoms with van der Waals surface area (Å²) in [6.45, 7) is 0.899. The summed E-state index contributed by atoms with van der Waals surface area (Å²) in [6.07, 6.45) is -2.16. The van der Waals surface area contributed by atoms with Crippen LogP contribution >= 0.6 is 15.5 Å². The second kappa shape index (κ2) is 13.3. The predicted molar refractivity (Wildman–Crippen MR) is 73.7 cm³/mol. The Bertz CT molecular complexity index is 342. The van der Waals surface area contributed by atoms with E-state index in [1.54, 1.807) is 0 Å². The molecule has 140 valence electrons. The van der Waals surface area contributed by atoms with Crippen LogP contribution in [0.3, 0.4) is 0 Å². The molecule has 0 aromatic carbocycles. The summed E-state index contributed by atoms with van der Waals surface area (Å²) in [5.74, 6) is 0. The highest BCUT2D eigenvalue weighted by Crippen LogP contribution is 2.49. The average Bonchev–Trinajstić information content (AvgIpc) is 2.40. The first-order valence-corrected chi connectivity index (χ1v) is 9.91. The number of hydrogen-bond acceptors (Lipinski definition) is 7. The Balaban J connectivity index is 3.11. The maximum atomic E-state index is 11.9. The van der Waals surface area contributed by atoms with Gasteiger partial charge >= 0.3 is 15.5 Å². The van der Waals surface area contributed by atoms with Crippen LogP contribution < -0.4 is 0 Å². The lowest BCUT2D eigenvalue weighted by atomic mass is 10.7. The van der Waals surface area contributed by atoms with Gasteiger partial charge in [-0.25, -0.2) is 9.13 Å². The Morgan fingerprint density at radius 2 is 0.696 bits per heavy atom. The highest BCUT2D eigenvalue weighted by molar-refractivity contribution is 7.52. The molecule has 0 radical (unpaired) electrons. The Labute approximate surface area is 131 Å². The Morgan fingerprint density at radius 1 is 0.478 bits per heavy atom. The van der Waals surface area contributed by atoms with Gasteiger partial charge in [-0.2, -0.15) is 16.8 Å². The van der Waals surface area contributed by atoms with Gasteiger partial charge in [-0.15, -0.1) is 0 Å². The minimum atomic E-state index is -5.13. The van der Waals surface area contributed by atoms with Crippen LogP contribution in [0.5, 0.6) is 0 Å². The molecular weight excluding hydrogens is 370 g/mol. The molecule has 23 heavy (non-hydrogen) atoms. The predicted octanol–water partition coefficient (Wildman–Crippen LogP) is 3.25. The van der Waals surface area contributed by atoms with E-state index < -0.39 is 28.2 Å². The van der Waals surface area contributed by atoms with Crippen LogP contribution in [0.4, 0.5) is 16.8 Å². The van der Waals surface area contributed by atoms with Gasteiger partial charge in [-0.3, -0.25) is 0 Å². The molecule has 0 aromatic rings. The number of hydrogen-bond donors (Lipinski definition) is 0. The number of rotatable bonds is 16. The van der Waals surface area contributed by atoms with Crippen molar-refractivity contribution in [2.45, 2.75) is 0 Å². The summed E-state index contributed by atoms with van der Waals surface area (Å²) in [7, 11) is -10.3. The molecule has 0 unspecified atom stereocenters. The summed E-state index contributed by atoms with van der Waals surface area (Å²) < 4.78 is 91.6. The van der Waals surface area contributed by atoms with Gasteiger partial charge in [-0.05, 0) is 0 Å². The SMILES string of the molecule is O=P(F)(F)COCCOCCOCCOCCOCP(=O)(F)F. The Morgan fingerprint density at radius 3 is 0.913 bits per heavy atom. The summed E-state index contributed by atoms with van der Waals surface area (Å²) >= 11 is 0. The Hall–Kier alpha value is -0.0200. The van der Waals surface area contributed by atoms with E-state index in [9.17, 15) is 25.9 Å². The van der Waals surface area contributed by atoms with Crippen LogP contribution in [0.25, 0.3) is 0 Å². The van der Waals surface area contributed by atoms with Crippen molar-refractivity contribution in [3.63, 3.8) is 0 Å². The largest absolute Gasteiger partial charge is 0.427 e. The van der Waals surface area contributed by atoms with Crippen LogP contribution in [0.1, 0.15) is 0 Å². The fourth-order valence-corrected chi connectivity index (χ4v) is 1.80. The number of ether oxygens (including phenoxy) is 5. The van der Waals surface area contributed by atoms with E-state index in [1.165, 1.54) is 0 Å². The fourth-order valence-electron chi connectivity index (χ4n) is 1.12. The first-order valence-electron chi connectivity index (χ1n) is 6.56. The molecule has 0 amide bonds. The second-order valence-electron chi connectivity index (χ2n) is 4.05. The van der Waals surface area contributed by atoms with E-state index in [-0.39, 0.29) is 52.9 Å². The normalized spacial score (nSPS) is 12.7. The zero-order valence-corrected chi connectivity index (χ0v) is 14.1. The van der Waals surface area contributed by atoms with Crippen LogP contribution in [0, 0.1) is 0 Å². The van der Waals surface area contributed by atoms with Gasteiger partial charge in [0.15, 0.2) is 12.7 Å². The molecule has 0 aromatic heterocycles. The smallest absolute Gasteiger partial charge is 0.377 e. The van der Waals surface area contributed by atoms with Gasteiger partial charge < -0.3 is 23.7 Å². The van der Waals surface area contributed by atoms with Gasteiger partial charge in [0.1, 0.15) is 0 Å². The highest BCUT2D eigenvalue weighted by atomic mass is 31.2. The van der Waals surface area contributed by atoms with Crippen molar-refractivity contribution < 1.29 is 49.6 Å². The van der Waals surface area contributed by atoms with Gasteiger partial charge in [0.25, 0.3) is 0 Å². The van der Waals surface area contributed by atoms with Crippen molar-refractivity contribution in [3.05, 3.63) is 0 Å². The topological polar surface area (TPSA) is 80.3 Å². The zero-order valence-electron chi connectivity index (χ0n) is 12.3. The lowest BCUT2D eigenvalue weighted by molar-refractivity contribution is -0.00650. The summed E-state index contributed by atoms with van der Waals surface area (Å²) in [5.41, 5.74) is 0. The molecule has 13 heteroatoms. The first-order chi connectivity index (χ1) is 10.7. The monoisotopic (exact) mass is 390 g/mol. The maximum Gasteiger partial charge on any atom is 0.427 e. The minimum absolute atomic E-state index is 0.0736. The molecule has 7 nitrogen and oxygen atoms in total. The third kappa shape index (κ3) is 22.0. The van der Waals surface area contributed by atoms with Crippen molar-refractivity contribution >= 4 is 15.5 Å². The quantitative estimate of drug-likeness (QED) is 0.227. The lowest BCUT2D eigenvalue weighted by Crippen LogP contribution is -2.13. The third-order valence-electron chi connectivity index (χ3n) is 1.97. The van der Waals surface area contributed by atoms with Gasteiger partial charge in [-0.1, -0.05) is 0 Å². The van der Waals surface area contributed by atoms with Crippen LogP contribution in [-0.4, -0.2) is 65.6 Å². The van der Waals surface area contributed by atoms with E-state index in [1.807, 2.05) is 0 Å². The molecule has 0 saturated heterocycles. The van der Waals surface area contributed by atoms with Crippen LogP contribution in [-0.2, 0) is 32.8 Å². The maximum absolute atomic E-state index is 11.9. The van der Waals surface area contributed by atoms with E-state index in [4.69, 9.17) is 14.2 Å². The second-order valence-corrected chi connectivity index (χ2v) is 6.85. The molecule has 0 bridgehead atoms. The fraction of sp³-hybridized carbons (Fsp3) is 1.00. The standard InChI is InChI=1S/C10H20F4O7P2/c11-22(12,15)9-20-7-5-18-3-1-17-2-4-19-6-8-21-10-23(13,14)16/h1-10H2. The molecular formula is C10H20F4O7P2. The van der Waals surface area contributed by atoms with Crippen LogP contribution in [0.15, 0.2) is 0 Å². The van der Waals surface area contributed by atoms with E-state index in [0.29, 0.717) is 0 Å². The molecule has 0 aliphatic carbocycles. The summed E-state index contributed by atoms with van der Waals surface area (Å²) in [6, 6.07) is 0. The highest BCUT2D eigenvalue weighted by Gasteiger charge is 2.18. The molecule has 0 saturated carbocycles. The zero-order chi connectivity index (χ0) is 17.6. The molecule has 0 fully saturated rings. The molecule has 0 rings (SSSR count). The number of halogens is 4. The van der Waals surface area contributed by atoms with E-state index in [2.05, 4.69) is 9.47 Å². The van der Waals surface area contributed by atoms with Gasteiger partial charge in [0.2, 0.25) is 0 Å².